The highest BCUT2D eigenvalue weighted by Gasteiger charge is 2.26. The molecule has 15 heavy (non-hydrogen) atoms. The van der Waals surface area contributed by atoms with E-state index in [1.807, 2.05) is 0 Å². The fourth-order valence-electron chi connectivity index (χ4n) is 2.83. The minimum atomic E-state index is 0.345. The molecule has 0 aromatic rings. The second-order valence-electron chi connectivity index (χ2n) is 4.86. The van der Waals surface area contributed by atoms with Gasteiger partial charge in [0.2, 0.25) is 0 Å². The van der Waals surface area contributed by atoms with E-state index in [4.69, 9.17) is 4.74 Å². The standard InChI is InChI=1S/C12H23NO2/c14-9-10-3-1-5-12(10)13-7-6-11-4-2-8-15-11/h10-14H,1-9H2. The Labute approximate surface area is 92.2 Å². The topological polar surface area (TPSA) is 41.5 Å². The van der Waals surface area contributed by atoms with E-state index in [0.29, 0.717) is 24.7 Å². The monoisotopic (exact) mass is 213 g/mol. The molecule has 1 heterocycles. The van der Waals surface area contributed by atoms with Gasteiger partial charge >= 0.3 is 0 Å². The van der Waals surface area contributed by atoms with Crippen LogP contribution in [-0.2, 0) is 4.74 Å². The number of rotatable bonds is 5. The van der Waals surface area contributed by atoms with E-state index in [1.165, 1.54) is 32.1 Å². The molecule has 0 aromatic carbocycles. The molecule has 1 aliphatic heterocycles. The first kappa shape index (κ1) is 11.4. The van der Waals surface area contributed by atoms with E-state index in [-0.39, 0.29) is 0 Å². The Balaban J connectivity index is 1.60. The molecule has 2 fully saturated rings. The molecule has 0 radical (unpaired) electrons. The molecule has 3 atom stereocenters. The molecule has 2 rings (SSSR count). The maximum Gasteiger partial charge on any atom is 0.0588 e. The van der Waals surface area contributed by atoms with Gasteiger partial charge in [0.1, 0.15) is 0 Å². The number of ether oxygens (including phenoxy) is 1. The SMILES string of the molecule is OCC1CCCC1NCCC1CCCO1. The van der Waals surface area contributed by atoms with Gasteiger partial charge in [-0.3, -0.25) is 0 Å². The van der Waals surface area contributed by atoms with E-state index in [2.05, 4.69) is 5.32 Å². The van der Waals surface area contributed by atoms with Gasteiger partial charge in [0.25, 0.3) is 0 Å². The average Bonchev–Trinajstić information content (AvgIpc) is 2.88. The summed E-state index contributed by atoms with van der Waals surface area (Å²) in [6.07, 6.45) is 7.78. The number of aliphatic hydroxyl groups is 1. The van der Waals surface area contributed by atoms with E-state index in [1.54, 1.807) is 0 Å². The van der Waals surface area contributed by atoms with Crippen LogP contribution in [0.3, 0.4) is 0 Å². The van der Waals surface area contributed by atoms with Crippen LogP contribution < -0.4 is 5.32 Å². The third-order valence-electron chi connectivity index (χ3n) is 3.79. The molecule has 0 spiro atoms. The summed E-state index contributed by atoms with van der Waals surface area (Å²) in [5.41, 5.74) is 0. The Bertz CT molecular complexity index is 180. The molecular weight excluding hydrogens is 190 g/mol. The predicted octanol–water partition coefficient (Wildman–Crippen LogP) is 1.31. The number of aliphatic hydroxyl groups excluding tert-OH is 1. The summed E-state index contributed by atoms with van der Waals surface area (Å²) in [6, 6.07) is 0.552. The normalized spacial score (nSPS) is 36.2. The zero-order chi connectivity index (χ0) is 10.5. The molecule has 0 aromatic heterocycles. The van der Waals surface area contributed by atoms with Crippen LogP contribution in [0.4, 0.5) is 0 Å². The van der Waals surface area contributed by atoms with Crippen molar-refractivity contribution in [3.8, 4) is 0 Å². The van der Waals surface area contributed by atoms with Crippen molar-refractivity contribution in [2.75, 3.05) is 19.8 Å². The lowest BCUT2D eigenvalue weighted by Crippen LogP contribution is -2.35. The van der Waals surface area contributed by atoms with Crippen molar-refractivity contribution in [2.24, 2.45) is 5.92 Å². The van der Waals surface area contributed by atoms with Gasteiger partial charge in [0.05, 0.1) is 6.10 Å². The van der Waals surface area contributed by atoms with Crippen molar-refractivity contribution in [2.45, 2.75) is 50.7 Å². The molecule has 3 nitrogen and oxygen atoms in total. The molecule has 88 valence electrons. The summed E-state index contributed by atoms with van der Waals surface area (Å²) in [7, 11) is 0. The van der Waals surface area contributed by atoms with E-state index in [9.17, 15) is 5.11 Å². The van der Waals surface area contributed by atoms with Crippen molar-refractivity contribution < 1.29 is 9.84 Å². The van der Waals surface area contributed by atoms with Crippen LogP contribution in [0.15, 0.2) is 0 Å². The fraction of sp³-hybridized carbons (Fsp3) is 1.00. The molecule has 3 unspecified atom stereocenters. The molecular formula is C12H23NO2. The predicted molar refractivity (Wildman–Crippen MR) is 59.8 cm³/mol. The highest BCUT2D eigenvalue weighted by Crippen LogP contribution is 2.25. The van der Waals surface area contributed by atoms with Gasteiger partial charge < -0.3 is 15.2 Å². The van der Waals surface area contributed by atoms with E-state index < -0.39 is 0 Å². The summed E-state index contributed by atoms with van der Waals surface area (Å²) in [4.78, 5) is 0. The van der Waals surface area contributed by atoms with Crippen LogP contribution in [0.1, 0.15) is 38.5 Å². The van der Waals surface area contributed by atoms with Gasteiger partial charge in [0, 0.05) is 19.3 Å². The van der Waals surface area contributed by atoms with Crippen LogP contribution in [0.2, 0.25) is 0 Å². The molecule has 3 heteroatoms. The van der Waals surface area contributed by atoms with Crippen molar-refractivity contribution in [1.29, 1.82) is 0 Å². The van der Waals surface area contributed by atoms with Crippen molar-refractivity contribution in [1.82, 2.24) is 5.32 Å². The molecule has 1 saturated carbocycles. The van der Waals surface area contributed by atoms with Crippen molar-refractivity contribution >= 4 is 0 Å². The maximum absolute atomic E-state index is 9.18. The Hall–Kier alpha value is -0.120. The van der Waals surface area contributed by atoms with E-state index >= 15 is 0 Å². The zero-order valence-corrected chi connectivity index (χ0v) is 9.45. The largest absolute Gasteiger partial charge is 0.396 e. The average molecular weight is 213 g/mol. The molecule has 2 N–H and O–H groups in total. The number of hydrogen-bond acceptors (Lipinski definition) is 3. The smallest absolute Gasteiger partial charge is 0.0588 e. The van der Waals surface area contributed by atoms with E-state index in [0.717, 1.165) is 19.6 Å². The Morgan fingerprint density at radius 2 is 2.13 bits per heavy atom. The fourth-order valence-corrected chi connectivity index (χ4v) is 2.83. The zero-order valence-electron chi connectivity index (χ0n) is 9.45. The van der Waals surface area contributed by atoms with Crippen LogP contribution in [0.5, 0.6) is 0 Å². The van der Waals surface area contributed by atoms with Gasteiger partial charge in [-0.05, 0) is 44.6 Å². The second-order valence-corrected chi connectivity index (χ2v) is 4.86. The Morgan fingerprint density at radius 1 is 1.20 bits per heavy atom. The molecule has 2 aliphatic rings. The van der Waals surface area contributed by atoms with Crippen LogP contribution in [0.25, 0.3) is 0 Å². The first-order valence-electron chi connectivity index (χ1n) is 6.36. The Kier molecular flexibility index (Phi) is 4.42. The van der Waals surface area contributed by atoms with Gasteiger partial charge in [-0.2, -0.15) is 0 Å². The highest BCUT2D eigenvalue weighted by molar-refractivity contribution is 4.82. The Morgan fingerprint density at radius 3 is 2.87 bits per heavy atom. The third-order valence-corrected chi connectivity index (χ3v) is 3.79. The van der Waals surface area contributed by atoms with Crippen LogP contribution in [0, 0.1) is 5.92 Å². The summed E-state index contributed by atoms with van der Waals surface area (Å²) in [5, 5.41) is 12.8. The highest BCUT2D eigenvalue weighted by atomic mass is 16.5. The van der Waals surface area contributed by atoms with Gasteiger partial charge in [0.15, 0.2) is 0 Å². The molecule has 0 bridgehead atoms. The molecule has 0 amide bonds. The lowest BCUT2D eigenvalue weighted by atomic mass is 10.0. The minimum absolute atomic E-state index is 0.345. The number of hydrogen-bond donors (Lipinski definition) is 2. The minimum Gasteiger partial charge on any atom is -0.396 e. The van der Waals surface area contributed by atoms with Gasteiger partial charge in [-0.1, -0.05) is 6.42 Å². The first-order chi connectivity index (χ1) is 7.40. The quantitative estimate of drug-likeness (QED) is 0.723. The lowest BCUT2D eigenvalue weighted by molar-refractivity contribution is 0.102. The van der Waals surface area contributed by atoms with Crippen molar-refractivity contribution in [3.63, 3.8) is 0 Å². The van der Waals surface area contributed by atoms with Crippen LogP contribution in [-0.4, -0.2) is 37.0 Å². The number of nitrogens with one attached hydrogen (secondary N) is 1. The van der Waals surface area contributed by atoms with Crippen molar-refractivity contribution in [3.05, 3.63) is 0 Å². The van der Waals surface area contributed by atoms with Gasteiger partial charge in [-0.25, -0.2) is 0 Å². The van der Waals surface area contributed by atoms with Crippen LogP contribution >= 0.6 is 0 Å². The second kappa shape index (κ2) is 5.83. The summed E-state index contributed by atoms with van der Waals surface area (Å²) >= 11 is 0. The summed E-state index contributed by atoms with van der Waals surface area (Å²) < 4.78 is 5.58. The lowest BCUT2D eigenvalue weighted by Gasteiger charge is -2.20. The molecule has 1 aliphatic carbocycles. The first-order valence-corrected chi connectivity index (χ1v) is 6.36. The summed E-state index contributed by atoms with van der Waals surface area (Å²) in [5.74, 6) is 0.495. The van der Waals surface area contributed by atoms with Gasteiger partial charge in [-0.15, -0.1) is 0 Å². The molecule has 1 saturated heterocycles. The summed E-state index contributed by atoms with van der Waals surface area (Å²) in [6.45, 7) is 2.34. The third kappa shape index (κ3) is 3.16. The maximum atomic E-state index is 9.18.